The van der Waals surface area contributed by atoms with E-state index in [1.807, 2.05) is 4.98 Å². The Hall–Kier alpha value is -2.76. The summed E-state index contributed by atoms with van der Waals surface area (Å²) in [4.78, 5) is 38.9. The van der Waals surface area contributed by atoms with E-state index in [2.05, 4.69) is 10.3 Å². The minimum atomic E-state index is -3.65. The number of aromatic nitrogens is 2. The number of rotatable bonds is 4. The number of sulfonamides is 1. The first-order valence-corrected chi connectivity index (χ1v) is 9.13. The second-order valence-electron chi connectivity index (χ2n) is 5.50. The van der Waals surface area contributed by atoms with Gasteiger partial charge in [0.1, 0.15) is 5.82 Å². The fraction of sp³-hybridized carbons (Fsp3) is 0.267. The molecule has 0 saturated carbocycles. The lowest BCUT2D eigenvalue weighted by atomic mass is 10.2. The van der Waals surface area contributed by atoms with Crippen molar-refractivity contribution in [3.05, 3.63) is 56.7 Å². The lowest BCUT2D eigenvalue weighted by Crippen LogP contribution is -2.40. The molecule has 26 heavy (non-hydrogen) atoms. The molecule has 1 aromatic heterocycles. The number of ether oxygens (including phenoxy) is 1. The Kier molecular flexibility index (Phi) is 5.02. The smallest absolute Gasteiger partial charge is 0.327 e. The van der Waals surface area contributed by atoms with E-state index in [0.717, 1.165) is 6.07 Å². The molecule has 1 aromatic carbocycles. The van der Waals surface area contributed by atoms with Crippen molar-refractivity contribution in [3.8, 4) is 0 Å². The molecule has 1 aliphatic heterocycles. The second-order valence-corrected chi connectivity index (χ2v) is 7.43. The van der Waals surface area contributed by atoms with E-state index in [0.29, 0.717) is 13.2 Å². The number of nitrogens with zero attached hydrogens (tertiary/aromatic N) is 1. The summed E-state index contributed by atoms with van der Waals surface area (Å²) in [7, 11) is -3.65. The highest BCUT2D eigenvalue weighted by Gasteiger charge is 2.26. The fourth-order valence-electron chi connectivity index (χ4n) is 2.44. The standard InChI is InChI=1S/C15H16N4O6S/c20-13-9-12(17-15(22)18-13)16-14(21)10-1-3-11(4-2-10)26(23,24)19-5-7-25-8-6-19/h1-4,9H,5-8H2,(H3,16,17,18,20,21,22). The van der Waals surface area contributed by atoms with E-state index in [1.165, 1.54) is 28.6 Å². The maximum atomic E-state index is 12.5. The minimum absolute atomic E-state index is 0.0613. The molecule has 10 nitrogen and oxygen atoms in total. The third-order valence-corrected chi connectivity index (χ3v) is 5.65. The van der Waals surface area contributed by atoms with Gasteiger partial charge in [-0.3, -0.25) is 19.6 Å². The van der Waals surface area contributed by atoms with Crippen LogP contribution in [-0.2, 0) is 14.8 Å². The number of carbonyl (C=O) groups is 1. The number of benzene rings is 1. The van der Waals surface area contributed by atoms with Gasteiger partial charge in [-0.15, -0.1) is 0 Å². The zero-order chi connectivity index (χ0) is 18.7. The summed E-state index contributed by atoms with van der Waals surface area (Å²) >= 11 is 0. The number of carbonyl (C=O) groups excluding carboxylic acids is 1. The molecule has 0 aliphatic carbocycles. The van der Waals surface area contributed by atoms with Gasteiger partial charge in [-0.1, -0.05) is 0 Å². The molecule has 3 N–H and O–H groups in total. The number of morpholine rings is 1. The molecule has 1 amide bonds. The summed E-state index contributed by atoms with van der Waals surface area (Å²) in [6.07, 6.45) is 0. The molecule has 138 valence electrons. The normalized spacial score (nSPS) is 15.5. The van der Waals surface area contributed by atoms with Crippen molar-refractivity contribution in [2.45, 2.75) is 4.90 Å². The Morgan fingerprint density at radius 3 is 2.35 bits per heavy atom. The summed E-state index contributed by atoms with van der Waals surface area (Å²) in [6, 6.07) is 6.40. The molecule has 0 radical (unpaired) electrons. The Morgan fingerprint density at radius 1 is 1.08 bits per heavy atom. The molecule has 0 spiro atoms. The Balaban J connectivity index is 1.77. The van der Waals surface area contributed by atoms with Gasteiger partial charge in [-0.25, -0.2) is 13.2 Å². The van der Waals surface area contributed by atoms with Crippen LogP contribution in [0, 0.1) is 0 Å². The van der Waals surface area contributed by atoms with Gasteiger partial charge in [0.2, 0.25) is 10.0 Å². The summed E-state index contributed by atoms with van der Waals surface area (Å²) < 4.78 is 31.5. The van der Waals surface area contributed by atoms with Crippen LogP contribution in [0.25, 0.3) is 0 Å². The number of nitrogens with one attached hydrogen (secondary N) is 3. The van der Waals surface area contributed by atoms with Crippen LogP contribution >= 0.6 is 0 Å². The van der Waals surface area contributed by atoms with Crippen molar-refractivity contribution in [2.24, 2.45) is 0 Å². The SMILES string of the molecule is O=C(Nc1cc(=O)[nH]c(=O)[nH]1)c1ccc(S(=O)(=O)N2CCOCC2)cc1. The first-order valence-electron chi connectivity index (χ1n) is 7.69. The molecule has 2 heterocycles. The quantitative estimate of drug-likeness (QED) is 0.643. The maximum absolute atomic E-state index is 12.5. The molecule has 11 heteroatoms. The number of aromatic amines is 2. The predicted molar refractivity (Wildman–Crippen MR) is 91.7 cm³/mol. The van der Waals surface area contributed by atoms with Crippen molar-refractivity contribution < 1.29 is 17.9 Å². The zero-order valence-corrected chi connectivity index (χ0v) is 14.3. The molecule has 2 aromatic rings. The molecular formula is C15H16N4O6S. The van der Waals surface area contributed by atoms with Crippen LogP contribution in [0.4, 0.5) is 5.82 Å². The number of hydrogen-bond acceptors (Lipinski definition) is 6. The van der Waals surface area contributed by atoms with Gasteiger partial charge < -0.3 is 10.1 Å². The van der Waals surface area contributed by atoms with Crippen molar-refractivity contribution >= 4 is 21.7 Å². The zero-order valence-electron chi connectivity index (χ0n) is 13.5. The van der Waals surface area contributed by atoms with Crippen LogP contribution < -0.4 is 16.6 Å². The molecule has 0 bridgehead atoms. The molecule has 1 aliphatic rings. The minimum Gasteiger partial charge on any atom is -0.379 e. The van der Waals surface area contributed by atoms with Crippen LogP contribution in [0.15, 0.2) is 44.8 Å². The lowest BCUT2D eigenvalue weighted by Gasteiger charge is -2.26. The van der Waals surface area contributed by atoms with Gasteiger partial charge in [0.25, 0.3) is 11.5 Å². The van der Waals surface area contributed by atoms with Gasteiger partial charge in [0.15, 0.2) is 0 Å². The lowest BCUT2D eigenvalue weighted by molar-refractivity contribution is 0.0730. The Labute approximate surface area is 147 Å². The Bertz CT molecular complexity index is 991. The van der Waals surface area contributed by atoms with Crippen LogP contribution in [-0.4, -0.2) is 54.9 Å². The largest absolute Gasteiger partial charge is 0.379 e. The van der Waals surface area contributed by atoms with Crippen LogP contribution in [0.1, 0.15) is 10.4 Å². The van der Waals surface area contributed by atoms with E-state index in [1.54, 1.807) is 0 Å². The Morgan fingerprint density at radius 2 is 1.73 bits per heavy atom. The number of anilines is 1. The number of H-pyrrole nitrogens is 2. The number of hydrogen-bond donors (Lipinski definition) is 3. The second kappa shape index (κ2) is 7.23. The third kappa shape index (κ3) is 3.90. The summed E-state index contributed by atoms with van der Waals surface area (Å²) in [5.41, 5.74) is -1.23. The van der Waals surface area contributed by atoms with Crippen molar-refractivity contribution in [2.75, 3.05) is 31.6 Å². The monoisotopic (exact) mass is 380 g/mol. The molecule has 0 atom stereocenters. The first kappa shape index (κ1) is 18.0. The van der Waals surface area contributed by atoms with E-state index in [9.17, 15) is 22.8 Å². The summed E-state index contributed by atoms with van der Waals surface area (Å²) in [6.45, 7) is 1.24. The van der Waals surface area contributed by atoms with Crippen molar-refractivity contribution in [1.29, 1.82) is 0 Å². The van der Waals surface area contributed by atoms with Crippen molar-refractivity contribution in [3.63, 3.8) is 0 Å². The number of amides is 1. The van der Waals surface area contributed by atoms with Crippen LogP contribution in [0.2, 0.25) is 0 Å². The predicted octanol–water partition coefficient (Wildman–Crippen LogP) is -0.664. The van der Waals surface area contributed by atoms with Gasteiger partial charge in [0.05, 0.1) is 18.1 Å². The maximum Gasteiger partial charge on any atom is 0.327 e. The van der Waals surface area contributed by atoms with Crippen LogP contribution in [0.3, 0.4) is 0 Å². The highest BCUT2D eigenvalue weighted by molar-refractivity contribution is 7.89. The highest BCUT2D eigenvalue weighted by atomic mass is 32.2. The van der Waals surface area contributed by atoms with E-state index < -0.39 is 27.2 Å². The highest BCUT2D eigenvalue weighted by Crippen LogP contribution is 2.18. The molecule has 3 rings (SSSR count). The van der Waals surface area contributed by atoms with E-state index in [-0.39, 0.29) is 29.4 Å². The van der Waals surface area contributed by atoms with E-state index in [4.69, 9.17) is 4.74 Å². The van der Waals surface area contributed by atoms with Gasteiger partial charge >= 0.3 is 5.69 Å². The molecule has 1 fully saturated rings. The first-order chi connectivity index (χ1) is 12.4. The average Bonchev–Trinajstić information content (AvgIpc) is 2.61. The molecule has 1 saturated heterocycles. The van der Waals surface area contributed by atoms with Gasteiger partial charge in [-0.05, 0) is 24.3 Å². The average molecular weight is 380 g/mol. The third-order valence-electron chi connectivity index (χ3n) is 3.73. The fourth-order valence-corrected chi connectivity index (χ4v) is 3.85. The summed E-state index contributed by atoms with van der Waals surface area (Å²) in [5, 5.41) is 2.37. The topological polar surface area (TPSA) is 141 Å². The van der Waals surface area contributed by atoms with Crippen LogP contribution in [0.5, 0.6) is 0 Å². The van der Waals surface area contributed by atoms with E-state index >= 15 is 0 Å². The van der Waals surface area contributed by atoms with Gasteiger partial charge in [-0.2, -0.15) is 4.31 Å². The van der Waals surface area contributed by atoms with Crippen molar-refractivity contribution in [1.82, 2.24) is 14.3 Å². The molecule has 0 unspecified atom stereocenters. The van der Waals surface area contributed by atoms with Gasteiger partial charge in [0, 0.05) is 24.7 Å². The molecular weight excluding hydrogens is 364 g/mol. The summed E-state index contributed by atoms with van der Waals surface area (Å²) in [5.74, 6) is -0.657.